The van der Waals surface area contributed by atoms with E-state index < -0.39 is 0 Å². The van der Waals surface area contributed by atoms with Crippen LogP contribution in [0.25, 0.3) is 33.4 Å². The summed E-state index contributed by atoms with van der Waals surface area (Å²) >= 11 is 0. The van der Waals surface area contributed by atoms with Gasteiger partial charge in [0.2, 0.25) is 0 Å². The van der Waals surface area contributed by atoms with Crippen molar-refractivity contribution in [2.24, 2.45) is 0 Å². The summed E-state index contributed by atoms with van der Waals surface area (Å²) in [6.07, 6.45) is 14.0. The molecule has 0 aliphatic heterocycles. The van der Waals surface area contributed by atoms with Gasteiger partial charge in [0.25, 0.3) is 0 Å². The van der Waals surface area contributed by atoms with Gasteiger partial charge in [-0.05, 0) is 110 Å². The minimum Gasteiger partial charge on any atom is -0.462 e. The molecular weight excluding hydrogens is 498 g/mol. The molecule has 2 nitrogen and oxygen atoms in total. The Labute approximate surface area is 245 Å². The summed E-state index contributed by atoms with van der Waals surface area (Å²) in [7, 11) is 0. The highest BCUT2D eigenvalue weighted by Crippen LogP contribution is 2.37. The fourth-order valence-electron chi connectivity index (χ4n) is 4.68. The van der Waals surface area contributed by atoms with E-state index in [2.05, 4.69) is 122 Å². The molecule has 4 aromatic carbocycles. The molecule has 0 bridgehead atoms. The van der Waals surface area contributed by atoms with E-state index in [4.69, 9.17) is 4.74 Å². The molecule has 0 heterocycles. The average molecular weight is 538 g/mol. The molecule has 0 unspecified atom stereocenters. The number of hydrogen-bond donors (Lipinski definition) is 1. The predicted molar refractivity (Wildman–Crippen MR) is 177 cm³/mol. The lowest BCUT2D eigenvalue weighted by molar-refractivity contribution is 0.319. The molecule has 0 saturated heterocycles. The van der Waals surface area contributed by atoms with Crippen molar-refractivity contribution in [2.75, 3.05) is 5.32 Å². The molecule has 4 aromatic rings. The smallest absolute Gasteiger partial charge is 0.129 e. The van der Waals surface area contributed by atoms with E-state index in [1.165, 1.54) is 33.4 Å². The zero-order valence-corrected chi connectivity index (χ0v) is 24.7. The van der Waals surface area contributed by atoms with Crippen LogP contribution in [0, 0.1) is 6.92 Å². The van der Waals surface area contributed by atoms with Gasteiger partial charge in [0, 0.05) is 17.5 Å². The number of allylic oxidation sites excluding steroid dienone is 8. The lowest BCUT2D eigenvalue weighted by atomic mass is 9.92. The fourth-order valence-corrected chi connectivity index (χ4v) is 4.68. The Balaban J connectivity index is 1.67. The van der Waals surface area contributed by atoms with Crippen molar-refractivity contribution in [1.82, 2.24) is 0 Å². The van der Waals surface area contributed by atoms with Gasteiger partial charge in [-0.3, -0.25) is 0 Å². The maximum Gasteiger partial charge on any atom is 0.129 e. The van der Waals surface area contributed by atoms with Crippen LogP contribution in [0.3, 0.4) is 0 Å². The minimum atomic E-state index is 0.811. The number of ether oxygens (including phenoxy) is 1. The number of aryl methyl sites for hydroxylation is 1. The molecule has 0 aliphatic carbocycles. The molecule has 2 heteroatoms. The zero-order valence-electron chi connectivity index (χ0n) is 24.7. The number of hydrogen-bond acceptors (Lipinski definition) is 2. The Kier molecular flexibility index (Phi) is 10.3. The monoisotopic (exact) mass is 537 g/mol. The maximum absolute atomic E-state index is 6.11. The van der Waals surface area contributed by atoms with Gasteiger partial charge >= 0.3 is 0 Å². The van der Waals surface area contributed by atoms with E-state index in [1.54, 1.807) is 0 Å². The van der Waals surface area contributed by atoms with Crippen molar-refractivity contribution in [3.8, 4) is 33.4 Å². The summed E-state index contributed by atoms with van der Waals surface area (Å²) in [4.78, 5) is 0. The molecule has 0 saturated carbocycles. The second kappa shape index (κ2) is 14.5. The van der Waals surface area contributed by atoms with Gasteiger partial charge < -0.3 is 10.1 Å². The molecule has 0 aromatic heterocycles. The first kappa shape index (κ1) is 29.2. The second-order valence-corrected chi connectivity index (χ2v) is 9.95. The lowest BCUT2D eigenvalue weighted by Gasteiger charge is -2.16. The van der Waals surface area contributed by atoms with Crippen molar-refractivity contribution < 1.29 is 4.74 Å². The second-order valence-electron chi connectivity index (χ2n) is 9.95. The van der Waals surface area contributed by atoms with E-state index in [0.29, 0.717) is 0 Å². The molecule has 4 rings (SSSR count). The molecule has 206 valence electrons. The van der Waals surface area contributed by atoms with Crippen LogP contribution in [-0.4, -0.2) is 0 Å². The Morgan fingerprint density at radius 2 is 1.24 bits per heavy atom. The van der Waals surface area contributed by atoms with Crippen LogP contribution in [0.15, 0.2) is 157 Å². The van der Waals surface area contributed by atoms with Gasteiger partial charge in [0.05, 0.1) is 0 Å². The highest BCUT2D eigenvalue weighted by Gasteiger charge is 2.11. The lowest BCUT2D eigenvalue weighted by Crippen LogP contribution is -1.95. The Morgan fingerprint density at radius 1 is 0.659 bits per heavy atom. The quantitative estimate of drug-likeness (QED) is 0.160. The maximum atomic E-state index is 6.11. The highest BCUT2D eigenvalue weighted by molar-refractivity contribution is 5.87. The van der Waals surface area contributed by atoms with E-state index in [9.17, 15) is 0 Å². The molecule has 0 atom stereocenters. The predicted octanol–water partition coefficient (Wildman–Crippen LogP) is 11.3. The summed E-state index contributed by atoms with van der Waals surface area (Å²) in [5.74, 6) is 1.65. The summed E-state index contributed by atoms with van der Waals surface area (Å²) in [5.41, 5.74) is 10.5. The number of rotatable bonds is 10. The first-order chi connectivity index (χ1) is 20.0. The van der Waals surface area contributed by atoms with Crippen LogP contribution < -0.4 is 5.32 Å². The molecule has 1 N–H and O–H groups in total. The van der Waals surface area contributed by atoms with Crippen molar-refractivity contribution in [3.63, 3.8) is 0 Å². The van der Waals surface area contributed by atoms with Gasteiger partial charge in [0.15, 0.2) is 0 Å². The van der Waals surface area contributed by atoms with E-state index in [1.807, 2.05) is 57.4 Å². The first-order valence-corrected chi connectivity index (χ1v) is 14.1. The Morgan fingerprint density at radius 3 is 1.85 bits per heavy atom. The Bertz CT molecular complexity index is 1600. The van der Waals surface area contributed by atoms with E-state index in [-0.39, 0.29) is 0 Å². The number of benzene rings is 4. The van der Waals surface area contributed by atoms with Crippen molar-refractivity contribution in [1.29, 1.82) is 0 Å². The van der Waals surface area contributed by atoms with Crippen LogP contribution in [0.5, 0.6) is 0 Å². The van der Waals surface area contributed by atoms with Crippen LogP contribution in [0.4, 0.5) is 5.69 Å². The van der Waals surface area contributed by atoms with E-state index in [0.717, 1.165) is 28.3 Å². The van der Waals surface area contributed by atoms with Crippen LogP contribution in [-0.2, 0) is 4.74 Å². The van der Waals surface area contributed by atoms with Crippen LogP contribution in [0.1, 0.15) is 33.3 Å². The summed E-state index contributed by atoms with van der Waals surface area (Å²) < 4.78 is 6.11. The summed E-state index contributed by atoms with van der Waals surface area (Å²) in [6, 6.07) is 34.4. The molecule has 41 heavy (non-hydrogen) atoms. The van der Waals surface area contributed by atoms with Gasteiger partial charge in [-0.1, -0.05) is 97.1 Å². The Hall–Kier alpha value is -4.82. The topological polar surface area (TPSA) is 21.3 Å². The largest absolute Gasteiger partial charge is 0.462 e. The van der Waals surface area contributed by atoms with Gasteiger partial charge in [-0.25, -0.2) is 0 Å². The van der Waals surface area contributed by atoms with Crippen molar-refractivity contribution in [3.05, 3.63) is 162 Å². The molecule has 0 fully saturated rings. The third-order valence-corrected chi connectivity index (χ3v) is 6.82. The van der Waals surface area contributed by atoms with Gasteiger partial charge in [-0.15, -0.1) is 0 Å². The molecular formula is C39H39NO. The van der Waals surface area contributed by atoms with E-state index >= 15 is 0 Å². The normalized spacial score (nSPS) is 12.8. The summed E-state index contributed by atoms with van der Waals surface area (Å²) in [6.45, 7) is 10.2. The number of anilines is 1. The molecule has 0 amide bonds. The minimum absolute atomic E-state index is 0.811. The van der Waals surface area contributed by atoms with Gasteiger partial charge in [-0.2, -0.15) is 0 Å². The average Bonchev–Trinajstić information content (AvgIpc) is 3.00. The van der Waals surface area contributed by atoms with Crippen LogP contribution >= 0.6 is 0 Å². The zero-order chi connectivity index (χ0) is 29.0. The third kappa shape index (κ3) is 7.86. The van der Waals surface area contributed by atoms with Crippen LogP contribution in [0.2, 0.25) is 0 Å². The first-order valence-electron chi connectivity index (χ1n) is 14.1. The standard InChI is InChI=1S/C39H39NO/c1-6-15-30(4)39(16-7-2)41-31(5)17-14-26-40-38-25-24-35(33-20-12-9-13-21-33)28-37(38)36-27-34(23-22-29(36)3)32-18-10-8-11-19-32/h6-28,40H,1-5H3/b15-6-,16-7+,26-14+,31-17+,39-30+. The van der Waals surface area contributed by atoms with Crippen molar-refractivity contribution >= 4 is 5.69 Å². The number of nitrogens with one attached hydrogen (secondary N) is 1. The molecule has 0 aliphatic rings. The highest BCUT2D eigenvalue weighted by atomic mass is 16.5. The molecule has 0 radical (unpaired) electrons. The third-order valence-electron chi connectivity index (χ3n) is 6.82. The molecule has 0 spiro atoms. The SMILES string of the molecule is C\C=C/C(C)=C(\C=C\C)O/C(C)=C/C=C/Nc1ccc(-c2ccccc2)cc1-c1cc(-c2ccccc2)ccc1C. The fraction of sp³-hybridized carbons (Fsp3) is 0.128. The van der Waals surface area contributed by atoms with Gasteiger partial charge in [0.1, 0.15) is 11.5 Å². The van der Waals surface area contributed by atoms with Crippen molar-refractivity contribution in [2.45, 2.75) is 34.6 Å². The summed E-state index contributed by atoms with van der Waals surface area (Å²) in [5, 5.41) is 3.54.